The van der Waals surface area contributed by atoms with Crippen LogP contribution in [0, 0.1) is 13.8 Å². The lowest BCUT2D eigenvalue weighted by atomic mass is 10.1. The first-order valence-electron chi connectivity index (χ1n) is 7.22. The van der Waals surface area contributed by atoms with Gasteiger partial charge in [-0.1, -0.05) is 0 Å². The molecule has 0 radical (unpaired) electrons. The molecule has 0 saturated carbocycles. The molecule has 3 heterocycles. The number of carbonyl (C=O) groups excluding carboxylic acids is 2. The Labute approximate surface area is 141 Å². The molecule has 3 rings (SSSR count). The summed E-state index contributed by atoms with van der Waals surface area (Å²) < 4.78 is 6.71. The zero-order chi connectivity index (χ0) is 16.6. The van der Waals surface area contributed by atoms with E-state index in [4.69, 9.17) is 4.74 Å². The fourth-order valence-electron chi connectivity index (χ4n) is 2.52. The van der Waals surface area contributed by atoms with Gasteiger partial charge in [0.2, 0.25) is 0 Å². The standard InChI is InChI=1S/C16H16N2O3S2/c1-4-21-14(20)6-11-7-18-13(8-19)15(17-16(18)23-11)12-5-9(2)22-10(12)3/h5,7-8H,4,6H2,1-3H3. The molecule has 0 aliphatic heterocycles. The first kappa shape index (κ1) is 15.9. The van der Waals surface area contributed by atoms with E-state index in [0.717, 1.165) is 21.6 Å². The number of carbonyl (C=O) groups is 2. The average Bonchev–Trinajstić information content (AvgIpc) is 3.10. The van der Waals surface area contributed by atoms with Gasteiger partial charge in [0.15, 0.2) is 11.2 Å². The number of thiazole rings is 1. The Hall–Kier alpha value is -1.99. The minimum absolute atomic E-state index is 0.200. The van der Waals surface area contributed by atoms with E-state index in [1.165, 1.54) is 16.2 Å². The van der Waals surface area contributed by atoms with E-state index in [0.29, 0.717) is 23.0 Å². The number of ether oxygens (including phenoxy) is 1. The highest BCUT2D eigenvalue weighted by molar-refractivity contribution is 7.17. The first-order chi connectivity index (χ1) is 11.0. The number of hydrogen-bond acceptors (Lipinski definition) is 6. The summed E-state index contributed by atoms with van der Waals surface area (Å²) in [6, 6.07) is 2.05. The Bertz CT molecular complexity index is 889. The first-order valence-corrected chi connectivity index (χ1v) is 8.85. The number of nitrogens with zero attached hydrogens (tertiary/aromatic N) is 2. The molecule has 3 aromatic rings. The zero-order valence-corrected chi connectivity index (χ0v) is 14.7. The summed E-state index contributed by atoms with van der Waals surface area (Å²) >= 11 is 3.09. The molecule has 0 fully saturated rings. The topological polar surface area (TPSA) is 60.7 Å². The van der Waals surface area contributed by atoms with E-state index >= 15 is 0 Å². The number of fused-ring (bicyclic) bond motifs is 1. The van der Waals surface area contributed by atoms with E-state index in [-0.39, 0.29) is 12.4 Å². The summed E-state index contributed by atoms with van der Waals surface area (Å²) in [6.45, 7) is 6.21. The van der Waals surface area contributed by atoms with Gasteiger partial charge in [-0.3, -0.25) is 14.0 Å². The lowest BCUT2D eigenvalue weighted by molar-refractivity contribution is -0.142. The third kappa shape index (κ3) is 2.94. The summed E-state index contributed by atoms with van der Waals surface area (Å²) in [7, 11) is 0. The summed E-state index contributed by atoms with van der Waals surface area (Å²) in [5.74, 6) is -0.269. The SMILES string of the molecule is CCOC(=O)Cc1cn2c(C=O)c(-c3cc(C)sc3C)nc2s1. The number of hydrogen-bond donors (Lipinski definition) is 0. The van der Waals surface area contributed by atoms with Crippen molar-refractivity contribution >= 4 is 39.9 Å². The Balaban J connectivity index is 2.03. The highest BCUT2D eigenvalue weighted by Gasteiger charge is 2.19. The Morgan fingerprint density at radius 3 is 2.78 bits per heavy atom. The summed E-state index contributed by atoms with van der Waals surface area (Å²) in [5, 5.41) is 0. The Kier molecular flexibility index (Phi) is 4.32. The molecule has 23 heavy (non-hydrogen) atoms. The number of thiophene rings is 1. The predicted octanol–water partition coefficient (Wildman–Crippen LogP) is 3.66. The second-order valence-corrected chi connectivity index (χ2v) is 7.68. The number of aldehydes is 1. The van der Waals surface area contributed by atoms with Crippen LogP contribution in [0.4, 0.5) is 0 Å². The van der Waals surface area contributed by atoms with Gasteiger partial charge >= 0.3 is 5.97 Å². The normalized spacial score (nSPS) is 11.1. The van der Waals surface area contributed by atoms with Crippen LogP contribution in [0.5, 0.6) is 0 Å². The van der Waals surface area contributed by atoms with Gasteiger partial charge in [-0.05, 0) is 26.8 Å². The molecular weight excluding hydrogens is 332 g/mol. The number of aryl methyl sites for hydroxylation is 2. The molecular formula is C16H16N2O3S2. The molecule has 3 aromatic heterocycles. The molecule has 7 heteroatoms. The molecule has 0 spiro atoms. The van der Waals surface area contributed by atoms with Crippen LogP contribution in [-0.2, 0) is 16.0 Å². The maximum atomic E-state index is 11.6. The Morgan fingerprint density at radius 2 is 2.17 bits per heavy atom. The van der Waals surface area contributed by atoms with Crippen LogP contribution in [0.2, 0.25) is 0 Å². The average molecular weight is 348 g/mol. The van der Waals surface area contributed by atoms with Crippen molar-refractivity contribution < 1.29 is 14.3 Å². The summed E-state index contributed by atoms with van der Waals surface area (Å²) in [5.41, 5.74) is 2.22. The van der Waals surface area contributed by atoms with Crippen molar-refractivity contribution in [1.29, 1.82) is 0 Å². The summed E-state index contributed by atoms with van der Waals surface area (Å²) in [6.07, 6.45) is 2.82. The molecule has 0 amide bonds. The highest BCUT2D eigenvalue weighted by Crippen LogP contribution is 2.33. The minimum Gasteiger partial charge on any atom is -0.466 e. The van der Waals surface area contributed by atoms with Crippen molar-refractivity contribution in [3.63, 3.8) is 0 Å². The van der Waals surface area contributed by atoms with Gasteiger partial charge in [-0.2, -0.15) is 0 Å². The Morgan fingerprint density at radius 1 is 1.39 bits per heavy atom. The van der Waals surface area contributed by atoms with E-state index in [9.17, 15) is 9.59 Å². The maximum absolute atomic E-state index is 11.6. The van der Waals surface area contributed by atoms with Crippen LogP contribution < -0.4 is 0 Å². The minimum atomic E-state index is -0.269. The lowest BCUT2D eigenvalue weighted by Crippen LogP contribution is -2.06. The molecule has 0 aromatic carbocycles. The number of esters is 1. The van der Waals surface area contributed by atoms with Gasteiger partial charge < -0.3 is 4.74 Å². The molecule has 120 valence electrons. The van der Waals surface area contributed by atoms with Gasteiger partial charge in [0.25, 0.3) is 0 Å². The third-order valence-electron chi connectivity index (χ3n) is 3.44. The maximum Gasteiger partial charge on any atom is 0.311 e. The van der Waals surface area contributed by atoms with Crippen molar-refractivity contribution in [1.82, 2.24) is 9.38 Å². The number of aromatic nitrogens is 2. The monoisotopic (exact) mass is 348 g/mol. The lowest BCUT2D eigenvalue weighted by Gasteiger charge is -1.99. The van der Waals surface area contributed by atoms with Gasteiger partial charge in [-0.25, -0.2) is 4.98 Å². The van der Waals surface area contributed by atoms with Gasteiger partial charge in [0.1, 0.15) is 11.4 Å². The predicted molar refractivity (Wildman–Crippen MR) is 91.6 cm³/mol. The zero-order valence-electron chi connectivity index (χ0n) is 13.1. The fourth-order valence-corrected chi connectivity index (χ4v) is 4.42. The van der Waals surface area contributed by atoms with Gasteiger partial charge in [0.05, 0.1) is 13.0 Å². The second-order valence-electron chi connectivity index (χ2n) is 5.12. The molecule has 5 nitrogen and oxygen atoms in total. The largest absolute Gasteiger partial charge is 0.466 e. The molecule has 0 N–H and O–H groups in total. The van der Waals surface area contributed by atoms with Crippen LogP contribution in [0.25, 0.3) is 16.2 Å². The number of imidazole rings is 1. The van der Waals surface area contributed by atoms with Crippen LogP contribution in [0.1, 0.15) is 32.0 Å². The highest BCUT2D eigenvalue weighted by atomic mass is 32.1. The van der Waals surface area contributed by atoms with Crippen molar-refractivity contribution in [2.75, 3.05) is 6.61 Å². The molecule has 0 bridgehead atoms. The second kappa shape index (κ2) is 6.25. The van der Waals surface area contributed by atoms with E-state index in [1.54, 1.807) is 28.9 Å². The molecule has 0 saturated heterocycles. The molecule has 0 aliphatic carbocycles. The smallest absolute Gasteiger partial charge is 0.311 e. The van der Waals surface area contributed by atoms with Crippen molar-refractivity contribution in [2.45, 2.75) is 27.2 Å². The molecule has 0 aliphatic rings. The van der Waals surface area contributed by atoms with E-state index in [1.807, 2.05) is 13.8 Å². The van der Waals surface area contributed by atoms with Crippen molar-refractivity contribution in [3.8, 4) is 11.3 Å². The van der Waals surface area contributed by atoms with Crippen molar-refractivity contribution in [2.24, 2.45) is 0 Å². The van der Waals surface area contributed by atoms with Gasteiger partial charge in [0, 0.05) is 26.4 Å². The van der Waals surface area contributed by atoms with E-state index < -0.39 is 0 Å². The van der Waals surface area contributed by atoms with Crippen LogP contribution in [-0.4, -0.2) is 28.2 Å². The summed E-state index contributed by atoms with van der Waals surface area (Å²) in [4.78, 5) is 31.7. The molecule has 0 unspecified atom stereocenters. The quantitative estimate of drug-likeness (QED) is 0.521. The fraction of sp³-hybridized carbons (Fsp3) is 0.312. The molecule has 0 atom stereocenters. The van der Waals surface area contributed by atoms with Crippen LogP contribution in [0.3, 0.4) is 0 Å². The van der Waals surface area contributed by atoms with Crippen molar-refractivity contribution in [3.05, 3.63) is 32.6 Å². The third-order valence-corrected chi connectivity index (χ3v) is 5.39. The van der Waals surface area contributed by atoms with Gasteiger partial charge in [-0.15, -0.1) is 22.7 Å². The number of rotatable bonds is 5. The van der Waals surface area contributed by atoms with E-state index in [2.05, 4.69) is 11.1 Å². The van der Waals surface area contributed by atoms with Crippen LogP contribution in [0.15, 0.2) is 12.3 Å². The van der Waals surface area contributed by atoms with Crippen LogP contribution >= 0.6 is 22.7 Å².